The van der Waals surface area contributed by atoms with E-state index in [0.29, 0.717) is 6.61 Å². The molecule has 0 radical (unpaired) electrons. The van der Waals surface area contributed by atoms with Crippen molar-refractivity contribution in [3.8, 4) is 0 Å². The molecule has 0 aromatic carbocycles. The monoisotopic (exact) mass is 196 g/mol. The Hall–Kier alpha value is -0.220. The van der Waals surface area contributed by atoms with Crippen LogP contribution in [0.4, 0.5) is 0 Å². The summed E-state index contributed by atoms with van der Waals surface area (Å²) in [5, 5.41) is 0. The van der Waals surface area contributed by atoms with Gasteiger partial charge in [0.05, 0.1) is 6.61 Å². The van der Waals surface area contributed by atoms with E-state index in [0.717, 1.165) is 0 Å². The van der Waals surface area contributed by atoms with Gasteiger partial charge in [-0.1, -0.05) is 0 Å². The number of Topliss-reactive ketones (excluding diaryl/α,β-unsaturated/α-hetero) is 1. The average Bonchev–Trinajstić information content (AvgIpc) is 1.84. The summed E-state index contributed by atoms with van der Waals surface area (Å²) in [6.07, 6.45) is -0.612. The molecule has 12 heavy (non-hydrogen) atoms. The Bertz CT molecular complexity index is 184. The molecule has 0 spiro atoms. The third-order valence-corrected chi connectivity index (χ3v) is 1.88. The average molecular weight is 196 g/mol. The van der Waals surface area contributed by atoms with Crippen molar-refractivity contribution in [1.29, 1.82) is 0 Å². The highest BCUT2D eigenvalue weighted by Gasteiger charge is 2.18. The van der Waals surface area contributed by atoms with Crippen molar-refractivity contribution in [1.82, 2.24) is 0 Å². The maximum atomic E-state index is 10.8. The first-order valence-electron chi connectivity index (χ1n) is 3.59. The lowest BCUT2D eigenvalue weighted by Gasteiger charge is -2.02. The molecule has 0 aliphatic rings. The van der Waals surface area contributed by atoms with Crippen LogP contribution in [0.2, 0.25) is 0 Å². The van der Waals surface area contributed by atoms with Gasteiger partial charge in [0.25, 0.3) is 0 Å². The fourth-order valence-electron chi connectivity index (χ4n) is 0.639. The molecule has 0 bridgehead atoms. The van der Waals surface area contributed by atoms with Gasteiger partial charge in [0.2, 0.25) is 0 Å². The van der Waals surface area contributed by atoms with Gasteiger partial charge < -0.3 is 14.5 Å². The summed E-state index contributed by atoms with van der Waals surface area (Å²) in [4.78, 5) is 27.5. The third-order valence-electron chi connectivity index (χ3n) is 1.11. The second kappa shape index (κ2) is 5.43. The van der Waals surface area contributed by atoms with E-state index < -0.39 is 19.5 Å². The van der Waals surface area contributed by atoms with Crippen molar-refractivity contribution in [3.63, 3.8) is 0 Å². The lowest BCUT2D eigenvalue weighted by Crippen LogP contribution is -2.08. The molecule has 0 saturated heterocycles. The summed E-state index contributed by atoms with van der Waals surface area (Å²) >= 11 is 0. The first-order valence-corrected chi connectivity index (χ1v) is 5.39. The smallest absolute Gasteiger partial charge is 0.332 e. The highest BCUT2D eigenvalue weighted by Crippen LogP contribution is 2.33. The number of carbonyl (C=O) groups excluding carboxylic acids is 1. The standard InChI is InChI=1S/C6H13O5P/c1-2-11-4-3-6(7)5-12(8,9)10/h2-5H2,1H3,(H2,8,9,10). The summed E-state index contributed by atoms with van der Waals surface area (Å²) in [7, 11) is -4.18. The van der Waals surface area contributed by atoms with Gasteiger partial charge in [-0.05, 0) is 6.92 Å². The minimum absolute atomic E-state index is 0.0684. The molecule has 0 aromatic heterocycles. The molecule has 0 aliphatic carbocycles. The molecule has 0 fully saturated rings. The van der Waals surface area contributed by atoms with Crippen molar-refractivity contribution < 1.29 is 23.9 Å². The van der Waals surface area contributed by atoms with Gasteiger partial charge in [0.1, 0.15) is 11.9 Å². The van der Waals surface area contributed by atoms with E-state index >= 15 is 0 Å². The first-order chi connectivity index (χ1) is 5.45. The second-order valence-corrected chi connectivity index (χ2v) is 3.95. The van der Waals surface area contributed by atoms with E-state index in [4.69, 9.17) is 14.5 Å². The maximum absolute atomic E-state index is 10.8. The van der Waals surface area contributed by atoms with Crippen LogP contribution in [0.5, 0.6) is 0 Å². The second-order valence-electron chi connectivity index (χ2n) is 2.31. The van der Waals surface area contributed by atoms with Gasteiger partial charge in [0, 0.05) is 13.0 Å². The summed E-state index contributed by atoms with van der Waals surface area (Å²) < 4.78 is 15.2. The molecule has 0 saturated carbocycles. The molecule has 2 N–H and O–H groups in total. The van der Waals surface area contributed by atoms with Gasteiger partial charge in [-0.15, -0.1) is 0 Å². The molecular formula is C6H13O5P. The lowest BCUT2D eigenvalue weighted by molar-refractivity contribution is -0.117. The van der Waals surface area contributed by atoms with E-state index in [1.54, 1.807) is 6.92 Å². The van der Waals surface area contributed by atoms with E-state index in [9.17, 15) is 9.36 Å². The zero-order chi connectivity index (χ0) is 9.61. The SMILES string of the molecule is CCOCCC(=O)CP(=O)(O)O. The highest BCUT2D eigenvalue weighted by atomic mass is 31.2. The molecule has 0 aliphatic heterocycles. The molecule has 0 aromatic rings. The first kappa shape index (κ1) is 11.8. The topological polar surface area (TPSA) is 83.8 Å². The van der Waals surface area contributed by atoms with Gasteiger partial charge in [-0.2, -0.15) is 0 Å². The predicted molar refractivity (Wildman–Crippen MR) is 43.0 cm³/mol. The molecular weight excluding hydrogens is 183 g/mol. The van der Waals surface area contributed by atoms with Gasteiger partial charge >= 0.3 is 7.60 Å². The fraction of sp³-hybridized carbons (Fsp3) is 0.833. The minimum atomic E-state index is -4.18. The quantitative estimate of drug-likeness (QED) is 0.467. The zero-order valence-corrected chi connectivity index (χ0v) is 7.79. The van der Waals surface area contributed by atoms with Crippen LogP contribution in [0.3, 0.4) is 0 Å². The Morgan fingerprint density at radius 3 is 2.50 bits per heavy atom. The zero-order valence-electron chi connectivity index (χ0n) is 6.89. The van der Waals surface area contributed by atoms with Crippen LogP contribution in [-0.4, -0.2) is 34.9 Å². The van der Waals surface area contributed by atoms with E-state index in [-0.39, 0.29) is 13.0 Å². The van der Waals surface area contributed by atoms with Crippen LogP contribution in [-0.2, 0) is 14.1 Å². The third kappa shape index (κ3) is 7.88. The summed E-state index contributed by atoms with van der Waals surface area (Å²) in [6.45, 7) is 2.52. The molecule has 0 unspecified atom stereocenters. The molecule has 0 atom stereocenters. The number of ketones is 1. The van der Waals surface area contributed by atoms with E-state index in [2.05, 4.69) is 0 Å². The molecule has 72 valence electrons. The van der Waals surface area contributed by atoms with Crippen molar-refractivity contribution in [2.75, 3.05) is 19.4 Å². The largest absolute Gasteiger partial charge is 0.381 e. The minimum Gasteiger partial charge on any atom is -0.381 e. The van der Waals surface area contributed by atoms with Crippen LogP contribution < -0.4 is 0 Å². The van der Waals surface area contributed by atoms with Crippen LogP contribution in [0, 0.1) is 0 Å². The number of ether oxygens (including phenoxy) is 1. The Morgan fingerprint density at radius 2 is 2.08 bits per heavy atom. The van der Waals surface area contributed by atoms with Crippen LogP contribution >= 0.6 is 7.60 Å². The number of carbonyl (C=O) groups is 1. The summed E-state index contributed by atoms with van der Waals surface area (Å²) in [5.41, 5.74) is 0. The molecule has 0 amide bonds. The molecule has 0 rings (SSSR count). The predicted octanol–water partition coefficient (Wildman–Crippen LogP) is 0.160. The normalized spacial score (nSPS) is 11.6. The van der Waals surface area contributed by atoms with Crippen LogP contribution in [0.1, 0.15) is 13.3 Å². The maximum Gasteiger partial charge on any atom is 0.332 e. The highest BCUT2D eigenvalue weighted by molar-refractivity contribution is 7.52. The fourth-order valence-corrected chi connectivity index (χ4v) is 1.26. The Balaban J connectivity index is 3.54. The Labute approximate surface area is 70.9 Å². The van der Waals surface area contributed by atoms with Crippen molar-refractivity contribution >= 4 is 13.4 Å². The molecule has 0 heterocycles. The Kier molecular flexibility index (Phi) is 5.33. The van der Waals surface area contributed by atoms with Crippen LogP contribution in [0.15, 0.2) is 0 Å². The van der Waals surface area contributed by atoms with Crippen molar-refractivity contribution in [3.05, 3.63) is 0 Å². The molecule has 5 nitrogen and oxygen atoms in total. The number of hydrogen-bond acceptors (Lipinski definition) is 3. The van der Waals surface area contributed by atoms with Crippen molar-refractivity contribution in [2.24, 2.45) is 0 Å². The van der Waals surface area contributed by atoms with E-state index in [1.807, 2.05) is 0 Å². The number of rotatable bonds is 6. The summed E-state index contributed by atoms with van der Waals surface area (Å²) in [5.74, 6) is -0.461. The summed E-state index contributed by atoms with van der Waals surface area (Å²) in [6, 6.07) is 0. The van der Waals surface area contributed by atoms with Gasteiger partial charge in [-0.25, -0.2) is 0 Å². The van der Waals surface area contributed by atoms with Gasteiger partial charge in [0.15, 0.2) is 0 Å². The Morgan fingerprint density at radius 1 is 1.50 bits per heavy atom. The van der Waals surface area contributed by atoms with Crippen molar-refractivity contribution in [2.45, 2.75) is 13.3 Å². The molecule has 6 heteroatoms. The van der Waals surface area contributed by atoms with Crippen LogP contribution in [0.25, 0.3) is 0 Å². The van der Waals surface area contributed by atoms with E-state index in [1.165, 1.54) is 0 Å². The number of hydrogen-bond donors (Lipinski definition) is 2. The lowest BCUT2D eigenvalue weighted by atomic mass is 10.3. The van der Waals surface area contributed by atoms with Gasteiger partial charge in [-0.3, -0.25) is 9.36 Å².